The standard InChI is InChI=1S/C23H31NO3/c1-4-22-12-10-19-18-9-7-17(24-26)14-16(18)6-8-20(19)21(22)11-13-23(22,5-2)27-15(3)25/h2,14,17-21H,4,6-13H2,1,3H3/t17?,18-,19+,20+,21-,22-,23-/m0/s1. The van der Waals surface area contributed by atoms with Crippen LogP contribution in [0.3, 0.4) is 0 Å². The third-order valence-electron chi connectivity index (χ3n) is 8.57. The smallest absolute Gasteiger partial charge is 0.304 e. The number of hydrogen-bond acceptors (Lipinski definition) is 4. The predicted molar refractivity (Wildman–Crippen MR) is 105 cm³/mol. The van der Waals surface area contributed by atoms with Crippen LogP contribution in [0.1, 0.15) is 71.6 Å². The van der Waals surface area contributed by atoms with E-state index in [4.69, 9.17) is 11.2 Å². The van der Waals surface area contributed by atoms with Crippen LogP contribution in [0.15, 0.2) is 16.8 Å². The second-order valence-electron chi connectivity index (χ2n) is 9.22. The van der Waals surface area contributed by atoms with Crippen molar-refractivity contribution in [3.8, 4) is 12.3 Å². The summed E-state index contributed by atoms with van der Waals surface area (Å²) in [5.74, 6) is 5.22. The van der Waals surface area contributed by atoms with Crippen molar-refractivity contribution in [3.05, 3.63) is 16.6 Å². The summed E-state index contributed by atoms with van der Waals surface area (Å²) in [7, 11) is 0. The summed E-state index contributed by atoms with van der Waals surface area (Å²) in [5.41, 5.74) is 0.688. The van der Waals surface area contributed by atoms with Crippen LogP contribution in [0.25, 0.3) is 0 Å². The summed E-state index contributed by atoms with van der Waals surface area (Å²) < 4.78 is 5.89. The first-order valence-electron chi connectivity index (χ1n) is 10.7. The molecule has 0 heterocycles. The quantitative estimate of drug-likeness (QED) is 0.304. The summed E-state index contributed by atoms with van der Waals surface area (Å²) in [6.07, 6.45) is 17.5. The van der Waals surface area contributed by atoms with E-state index >= 15 is 0 Å². The number of esters is 1. The molecule has 4 aliphatic rings. The molecule has 0 N–H and O–H groups in total. The van der Waals surface area contributed by atoms with Gasteiger partial charge in [0.05, 0.1) is 0 Å². The molecule has 4 rings (SSSR count). The highest BCUT2D eigenvalue weighted by molar-refractivity contribution is 5.67. The Balaban J connectivity index is 1.65. The van der Waals surface area contributed by atoms with Gasteiger partial charge >= 0.3 is 5.97 Å². The minimum absolute atomic E-state index is 0.0721. The van der Waals surface area contributed by atoms with Crippen LogP contribution in [-0.4, -0.2) is 17.6 Å². The van der Waals surface area contributed by atoms with Gasteiger partial charge in [-0.1, -0.05) is 29.7 Å². The van der Waals surface area contributed by atoms with E-state index in [-0.39, 0.29) is 17.4 Å². The number of carbonyl (C=O) groups is 1. The van der Waals surface area contributed by atoms with Crippen molar-refractivity contribution in [2.45, 2.75) is 83.3 Å². The maximum absolute atomic E-state index is 11.9. The van der Waals surface area contributed by atoms with Gasteiger partial charge in [-0.2, -0.15) is 4.91 Å². The van der Waals surface area contributed by atoms with Crippen LogP contribution in [0.5, 0.6) is 0 Å². The third-order valence-corrected chi connectivity index (χ3v) is 8.57. The second-order valence-corrected chi connectivity index (χ2v) is 9.22. The summed E-state index contributed by atoms with van der Waals surface area (Å²) in [6, 6.07) is -0.115. The van der Waals surface area contributed by atoms with E-state index in [1.165, 1.54) is 18.9 Å². The summed E-state index contributed by atoms with van der Waals surface area (Å²) in [4.78, 5) is 22.9. The van der Waals surface area contributed by atoms with Crippen molar-refractivity contribution in [1.29, 1.82) is 0 Å². The fourth-order valence-corrected chi connectivity index (χ4v) is 7.58. The monoisotopic (exact) mass is 369 g/mol. The molecule has 0 spiro atoms. The van der Waals surface area contributed by atoms with Crippen LogP contribution < -0.4 is 0 Å². The molecule has 3 saturated carbocycles. The first kappa shape index (κ1) is 18.7. The Morgan fingerprint density at radius 2 is 2.07 bits per heavy atom. The average Bonchev–Trinajstić information content (AvgIpc) is 3.01. The van der Waals surface area contributed by atoms with E-state index < -0.39 is 5.60 Å². The van der Waals surface area contributed by atoms with Crippen molar-refractivity contribution < 1.29 is 9.53 Å². The molecule has 4 nitrogen and oxygen atoms in total. The van der Waals surface area contributed by atoms with E-state index in [0.717, 1.165) is 51.4 Å². The molecule has 0 saturated heterocycles. The van der Waals surface area contributed by atoms with Crippen LogP contribution >= 0.6 is 0 Å². The topological polar surface area (TPSA) is 55.7 Å². The Morgan fingerprint density at radius 3 is 2.74 bits per heavy atom. The molecule has 3 fully saturated rings. The first-order chi connectivity index (χ1) is 13.0. The molecule has 0 aromatic rings. The van der Waals surface area contributed by atoms with E-state index in [9.17, 15) is 9.70 Å². The van der Waals surface area contributed by atoms with Gasteiger partial charge in [-0.05, 0) is 81.5 Å². The predicted octanol–water partition coefficient (Wildman–Crippen LogP) is 5.02. The largest absolute Gasteiger partial charge is 0.445 e. The van der Waals surface area contributed by atoms with Crippen molar-refractivity contribution in [2.75, 3.05) is 0 Å². The molecule has 4 aliphatic carbocycles. The van der Waals surface area contributed by atoms with Gasteiger partial charge < -0.3 is 4.74 Å². The summed E-state index contributed by atoms with van der Waals surface area (Å²) in [6.45, 7) is 3.71. The summed E-state index contributed by atoms with van der Waals surface area (Å²) >= 11 is 0. The number of nitrogens with zero attached hydrogens (tertiary/aromatic N) is 1. The molecule has 0 aliphatic heterocycles. The number of fused-ring (bicyclic) bond motifs is 5. The molecule has 146 valence electrons. The second kappa shape index (κ2) is 6.76. The fraction of sp³-hybridized carbons (Fsp3) is 0.783. The van der Waals surface area contributed by atoms with E-state index in [0.29, 0.717) is 23.7 Å². The number of carbonyl (C=O) groups excluding carboxylic acids is 1. The van der Waals surface area contributed by atoms with Crippen molar-refractivity contribution in [2.24, 2.45) is 34.3 Å². The normalized spacial score (nSPS) is 45.5. The van der Waals surface area contributed by atoms with Gasteiger partial charge in [0.25, 0.3) is 0 Å². The minimum Gasteiger partial charge on any atom is -0.445 e. The molecular formula is C23H31NO3. The third kappa shape index (κ3) is 2.61. The molecule has 4 heteroatoms. The van der Waals surface area contributed by atoms with Crippen molar-refractivity contribution in [1.82, 2.24) is 0 Å². The molecule has 0 amide bonds. The van der Waals surface area contributed by atoms with E-state index in [1.807, 2.05) is 0 Å². The molecule has 27 heavy (non-hydrogen) atoms. The fourth-order valence-electron chi connectivity index (χ4n) is 7.58. The number of terminal acetylenes is 1. The Bertz CT molecular complexity index is 707. The molecule has 1 unspecified atom stereocenters. The summed E-state index contributed by atoms with van der Waals surface area (Å²) in [5, 5.41) is 3.28. The van der Waals surface area contributed by atoms with E-state index in [1.54, 1.807) is 0 Å². The lowest BCUT2D eigenvalue weighted by atomic mass is 9.49. The van der Waals surface area contributed by atoms with Gasteiger partial charge in [-0.3, -0.25) is 4.79 Å². The Kier molecular flexibility index (Phi) is 4.69. The Labute approximate surface area is 162 Å². The maximum Gasteiger partial charge on any atom is 0.304 e. The number of allylic oxidation sites excluding steroid dienone is 1. The molecule has 0 bridgehead atoms. The highest BCUT2D eigenvalue weighted by atomic mass is 16.6. The van der Waals surface area contributed by atoms with Crippen molar-refractivity contribution >= 4 is 5.97 Å². The molecule has 0 aromatic heterocycles. The Morgan fingerprint density at radius 1 is 1.26 bits per heavy atom. The highest BCUT2D eigenvalue weighted by Crippen LogP contribution is 2.67. The zero-order chi connectivity index (χ0) is 19.2. The van der Waals surface area contributed by atoms with Crippen LogP contribution in [0, 0.1) is 46.3 Å². The minimum atomic E-state index is -0.724. The van der Waals surface area contributed by atoms with Gasteiger partial charge in [0.2, 0.25) is 0 Å². The average molecular weight is 370 g/mol. The maximum atomic E-state index is 11.9. The number of hydrogen-bond donors (Lipinski definition) is 0. The number of rotatable bonds is 3. The zero-order valence-corrected chi connectivity index (χ0v) is 16.6. The van der Waals surface area contributed by atoms with Gasteiger partial charge in [0, 0.05) is 12.3 Å². The molecule has 7 atom stereocenters. The van der Waals surface area contributed by atoms with Crippen LogP contribution in [0.2, 0.25) is 0 Å². The lowest BCUT2D eigenvalue weighted by Crippen LogP contribution is -2.55. The van der Waals surface area contributed by atoms with E-state index in [2.05, 4.69) is 24.1 Å². The zero-order valence-electron chi connectivity index (χ0n) is 16.6. The van der Waals surface area contributed by atoms with Crippen LogP contribution in [-0.2, 0) is 9.53 Å². The Hall–Kier alpha value is -1.63. The SMILES string of the molecule is C#C[C@]1(OC(C)=O)CC[C@H]2[C@@H]3CCC4=CC(N=O)CC[C@@H]4[C@H]3CC[C@@]21CC. The first-order valence-corrected chi connectivity index (χ1v) is 10.7. The number of nitroso groups, excluding NO2 is 1. The number of ether oxygens (including phenoxy) is 1. The lowest BCUT2D eigenvalue weighted by Gasteiger charge is -2.56. The molecule has 0 radical (unpaired) electrons. The lowest BCUT2D eigenvalue weighted by molar-refractivity contribution is -0.170. The molecular weight excluding hydrogens is 338 g/mol. The van der Waals surface area contributed by atoms with Crippen molar-refractivity contribution in [3.63, 3.8) is 0 Å². The van der Waals surface area contributed by atoms with Gasteiger partial charge in [-0.25, -0.2) is 0 Å². The van der Waals surface area contributed by atoms with Gasteiger partial charge in [-0.15, -0.1) is 6.42 Å². The molecule has 0 aromatic carbocycles. The van der Waals surface area contributed by atoms with Crippen LogP contribution in [0.4, 0.5) is 0 Å². The highest BCUT2D eigenvalue weighted by Gasteiger charge is 2.65. The van der Waals surface area contributed by atoms with Gasteiger partial charge in [0.15, 0.2) is 5.60 Å². The van der Waals surface area contributed by atoms with Gasteiger partial charge in [0.1, 0.15) is 6.04 Å².